The molecule has 0 aliphatic rings. The molecular formula is C18H18N4O. The molecule has 0 atom stereocenters. The van der Waals surface area contributed by atoms with Gasteiger partial charge in [-0.15, -0.1) is 0 Å². The zero-order chi connectivity index (χ0) is 16.1. The lowest BCUT2D eigenvalue weighted by Crippen LogP contribution is -2.22. The van der Waals surface area contributed by atoms with Crippen molar-refractivity contribution in [3.63, 3.8) is 0 Å². The number of benzene rings is 2. The van der Waals surface area contributed by atoms with Crippen molar-refractivity contribution < 1.29 is 4.79 Å². The Kier molecular flexibility index (Phi) is 4.47. The van der Waals surface area contributed by atoms with Crippen LogP contribution in [0.15, 0.2) is 60.0 Å². The quantitative estimate of drug-likeness (QED) is 0.582. The number of para-hydroxylation sites is 2. The molecule has 0 saturated heterocycles. The number of fused-ring (bicyclic) bond motifs is 1. The highest BCUT2D eigenvalue weighted by atomic mass is 16.2. The Bertz CT molecular complexity index is 834. The maximum Gasteiger partial charge on any atom is 0.260 e. The van der Waals surface area contributed by atoms with Crippen LogP contribution in [0.2, 0.25) is 0 Å². The molecule has 1 N–H and O–H groups in total. The van der Waals surface area contributed by atoms with Crippen molar-refractivity contribution in [2.45, 2.75) is 19.9 Å². The van der Waals surface area contributed by atoms with Gasteiger partial charge in [0, 0.05) is 0 Å². The Morgan fingerprint density at radius 2 is 2.00 bits per heavy atom. The van der Waals surface area contributed by atoms with Gasteiger partial charge in [0.2, 0.25) is 0 Å². The fraction of sp³-hybridized carbons (Fsp3) is 0.167. The normalized spacial score (nSPS) is 11.2. The predicted molar refractivity (Wildman–Crippen MR) is 91.3 cm³/mol. The lowest BCUT2D eigenvalue weighted by molar-refractivity contribution is -0.121. The van der Waals surface area contributed by atoms with Crippen LogP contribution in [-0.4, -0.2) is 21.7 Å². The molecule has 2 aromatic carbocycles. The Balaban J connectivity index is 1.59. The van der Waals surface area contributed by atoms with Crippen molar-refractivity contribution >= 4 is 23.2 Å². The molecule has 23 heavy (non-hydrogen) atoms. The van der Waals surface area contributed by atoms with Gasteiger partial charge >= 0.3 is 0 Å². The molecule has 5 nitrogen and oxygen atoms in total. The smallest absolute Gasteiger partial charge is 0.260 e. The van der Waals surface area contributed by atoms with E-state index in [-0.39, 0.29) is 12.5 Å². The monoisotopic (exact) mass is 306 g/mol. The number of carbonyl (C=O) groups is 1. The number of imidazole rings is 1. The van der Waals surface area contributed by atoms with Crippen LogP contribution in [0.1, 0.15) is 18.1 Å². The standard InChI is InChI=1S/C18H18N4O/c1-2-14-7-9-15(10-8-14)11-20-21-18(23)12-22-13-19-16-5-3-4-6-17(16)22/h3-11,13H,2,12H2,1H3,(H,21,23). The molecule has 0 saturated carbocycles. The summed E-state index contributed by atoms with van der Waals surface area (Å²) < 4.78 is 1.80. The van der Waals surface area contributed by atoms with E-state index in [0.717, 1.165) is 23.0 Å². The topological polar surface area (TPSA) is 59.3 Å². The summed E-state index contributed by atoms with van der Waals surface area (Å²) in [5.41, 5.74) is 6.58. The van der Waals surface area contributed by atoms with Crippen molar-refractivity contribution in [1.82, 2.24) is 15.0 Å². The lowest BCUT2D eigenvalue weighted by Gasteiger charge is -2.03. The van der Waals surface area contributed by atoms with E-state index in [2.05, 4.69) is 34.6 Å². The van der Waals surface area contributed by atoms with Gasteiger partial charge in [-0.05, 0) is 29.7 Å². The zero-order valence-corrected chi connectivity index (χ0v) is 12.9. The molecule has 5 heteroatoms. The van der Waals surface area contributed by atoms with Crippen molar-refractivity contribution in [2.75, 3.05) is 0 Å². The Morgan fingerprint density at radius 1 is 1.22 bits per heavy atom. The first kappa shape index (κ1) is 15.0. The molecule has 0 unspecified atom stereocenters. The predicted octanol–water partition coefficient (Wildman–Crippen LogP) is 2.75. The van der Waals surface area contributed by atoms with Crippen LogP contribution in [0.4, 0.5) is 0 Å². The largest absolute Gasteiger partial charge is 0.321 e. The summed E-state index contributed by atoms with van der Waals surface area (Å²) in [6, 6.07) is 15.8. The zero-order valence-electron chi connectivity index (χ0n) is 12.9. The van der Waals surface area contributed by atoms with E-state index in [1.54, 1.807) is 17.1 Å². The summed E-state index contributed by atoms with van der Waals surface area (Å²) >= 11 is 0. The van der Waals surface area contributed by atoms with Crippen LogP contribution >= 0.6 is 0 Å². The fourth-order valence-corrected chi connectivity index (χ4v) is 2.34. The highest BCUT2D eigenvalue weighted by molar-refractivity contribution is 5.83. The summed E-state index contributed by atoms with van der Waals surface area (Å²) in [6.07, 6.45) is 4.31. The number of aromatic nitrogens is 2. The summed E-state index contributed by atoms with van der Waals surface area (Å²) in [5, 5.41) is 4.00. The SMILES string of the molecule is CCc1ccc(C=NNC(=O)Cn2cnc3ccccc32)cc1. The maximum atomic E-state index is 12.0. The van der Waals surface area contributed by atoms with Gasteiger partial charge in [0.05, 0.1) is 23.6 Å². The van der Waals surface area contributed by atoms with Crippen molar-refractivity contribution in [1.29, 1.82) is 0 Å². The van der Waals surface area contributed by atoms with Crippen LogP contribution in [-0.2, 0) is 17.8 Å². The molecule has 3 rings (SSSR count). The molecule has 0 fully saturated rings. The number of nitrogens with zero attached hydrogens (tertiary/aromatic N) is 3. The van der Waals surface area contributed by atoms with Crippen LogP contribution in [0.5, 0.6) is 0 Å². The van der Waals surface area contributed by atoms with Crippen LogP contribution in [0.3, 0.4) is 0 Å². The van der Waals surface area contributed by atoms with E-state index in [4.69, 9.17) is 0 Å². The number of hydrogen-bond acceptors (Lipinski definition) is 3. The van der Waals surface area contributed by atoms with E-state index in [1.807, 2.05) is 36.4 Å². The Hall–Kier alpha value is -2.95. The van der Waals surface area contributed by atoms with Gasteiger partial charge in [0.15, 0.2) is 0 Å². The number of amides is 1. The molecule has 0 aliphatic heterocycles. The van der Waals surface area contributed by atoms with Crippen molar-refractivity contribution in [2.24, 2.45) is 5.10 Å². The molecule has 0 radical (unpaired) electrons. The van der Waals surface area contributed by atoms with E-state index < -0.39 is 0 Å². The minimum Gasteiger partial charge on any atom is -0.321 e. The average Bonchev–Trinajstić information content (AvgIpc) is 2.99. The fourth-order valence-electron chi connectivity index (χ4n) is 2.34. The Morgan fingerprint density at radius 3 is 2.78 bits per heavy atom. The van der Waals surface area contributed by atoms with E-state index in [0.29, 0.717) is 0 Å². The van der Waals surface area contributed by atoms with E-state index in [1.165, 1.54) is 5.56 Å². The molecular weight excluding hydrogens is 288 g/mol. The first-order valence-corrected chi connectivity index (χ1v) is 7.57. The number of hydrazone groups is 1. The Labute approximate surface area is 134 Å². The summed E-state index contributed by atoms with van der Waals surface area (Å²) in [7, 11) is 0. The molecule has 116 valence electrons. The van der Waals surface area contributed by atoms with Crippen molar-refractivity contribution in [3.05, 3.63) is 66.0 Å². The third kappa shape index (κ3) is 3.63. The molecule has 0 aliphatic carbocycles. The highest BCUT2D eigenvalue weighted by Crippen LogP contribution is 2.11. The minimum absolute atomic E-state index is 0.186. The van der Waals surface area contributed by atoms with Gasteiger partial charge in [-0.1, -0.05) is 43.3 Å². The highest BCUT2D eigenvalue weighted by Gasteiger charge is 2.05. The molecule has 3 aromatic rings. The second kappa shape index (κ2) is 6.87. The summed E-state index contributed by atoms with van der Waals surface area (Å²) in [5.74, 6) is -0.186. The number of aryl methyl sites for hydroxylation is 1. The van der Waals surface area contributed by atoms with Gasteiger partial charge in [0.1, 0.15) is 6.54 Å². The maximum absolute atomic E-state index is 12.0. The van der Waals surface area contributed by atoms with Crippen LogP contribution < -0.4 is 5.43 Å². The first-order chi connectivity index (χ1) is 11.3. The van der Waals surface area contributed by atoms with Gasteiger partial charge < -0.3 is 4.57 Å². The third-order valence-corrected chi connectivity index (χ3v) is 3.63. The molecule has 1 aromatic heterocycles. The van der Waals surface area contributed by atoms with Crippen LogP contribution in [0.25, 0.3) is 11.0 Å². The molecule has 1 amide bonds. The number of nitrogens with one attached hydrogen (secondary N) is 1. The van der Waals surface area contributed by atoms with E-state index in [9.17, 15) is 4.79 Å². The second-order valence-electron chi connectivity index (χ2n) is 5.25. The molecule has 1 heterocycles. The lowest BCUT2D eigenvalue weighted by atomic mass is 10.1. The molecule has 0 bridgehead atoms. The summed E-state index contributed by atoms with van der Waals surface area (Å²) in [6.45, 7) is 2.30. The van der Waals surface area contributed by atoms with Crippen molar-refractivity contribution in [3.8, 4) is 0 Å². The number of hydrogen-bond donors (Lipinski definition) is 1. The minimum atomic E-state index is -0.186. The third-order valence-electron chi connectivity index (χ3n) is 3.63. The van der Waals surface area contributed by atoms with Gasteiger partial charge in [-0.2, -0.15) is 5.10 Å². The van der Waals surface area contributed by atoms with Gasteiger partial charge in [-0.25, -0.2) is 10.4 Å². The number of carbonyl (C=O) groups excluding carboxylic acids is 1. The van der Waals surface area contributed by atoms with E-state index >= 15 is 0 Å². The average molecular weight is 306 g/mol. The molecule has 0 spiro atoms. The van der Waals surface area contributed by atoms with Gasteiger partial charge in [-0.3, -0.25) is 4.79 Å². The second-order valence-corrected chi connectivity index (χ2v) is 5.25. The van der Waals surface area contributed by atoms with Gasteiger partial charge in [0.25, 0.3) is 5.91 Å². The van der Waals surface area contributed by atoms with Crippen LogP contribution in [0, 0.1) is 0 Å². The number of rotatable bonds is 5. The first-order valence-electron chi connectivity index (χ1n) is 7.57. The summed E-state index contributed by atoms with van der Waals surface area (Å²) in [4.78, 5) is 16.2.